The molecule has 2 rings (SSSR count). The molecule has 25 heavy (non-hydrogen) atoms. The van der Waals surface area contributed by atoms with Crippen molar-refractivity contribution in [3.8, 4) is 5.88 Å². The highest BCUT2D eigenvalue weighted by Crippen LogP contribution is 2.36. The zero-order chi connectivity index (χ0) is 18.1. The van der Waals surface area contributed by atoms with E-state index in [1.54, 1.807) is 25.4 Å². The Balaban J connectivity index is 1.97. The molecule has 1 aromatic rings. The van der Waals surface area contributed by atoms with Gasteiger partial charge in [-0.15, -0.1) is 0 Å². The van der Waals surface area contributed by atoms with Crippen LogP contribution < -0.4 is 10.1 Å². The minimum Gasteiger partial charge on any atom is -0.475 e. The minimum atomic E-state index is -0.712. The molecule has 1 heterocycles. The number of carbonyl (C=O) groups excluding carboxylic acids is 1. The molecule has 1 fully saturated rings. The molecule has 0 bridgehead atoms. The van der Waals surface area contributed by atoms with E-state index in [9.17, 15) is 4.79 Å². The van der Waals surface area contributed by atoms with Crippen LogP contribution in [0.5, 0.6) is 5.88 Å². The lowest BCUT2D eigenvalue weighted by Gasteiger charge is -2.37. The molecule has 1 amide bonds. The van der Waals surface area contributed by atoms with Crippen molar-refractivity contribution in [2.24, 2.45) is 5.92 Å². The zero-order valence-corrected chi connectivity index (χ0v) is 15.5. The summed E-state index contributed by atoms with van der Waals surface area (Å²) >= 11 is 0. The Bertz CT molecular complexity index is 519. The van der Waals surface area contributed by atoms with E-state index < -0.39 is 5.60 Å². The van der Waals surface area contributed by atoms with Crippen LogP contribution in [0.1, 0.15) is 46.0 Å². The second-order valence-corrected chi connectivity index (χ2v) is 6.71. The van der Waals surface area contributed by atoms with Gasteiger partial charge in [-0.25, -0.2) is 4.98 Å². The molecular formula is C19H30N2O4. The highest BCUT2D eigenvalue weighted by atomic mass is 16.5. The van der Waals surface area contributed by atoms with E-state index in [-0.39, 0.29) is 5.91 Å². The topological polar surface area (TPSA) is 69.7 Å². The van der Waals surface area contributed by atoms with E-state index in [1.807, 2.05) is 0 Å². The van der Waals surface area contributed by atoms with Gasteiger partial charge in [0.25, 0.3) is 5.91 Å². The van der Waals surface area contributed by atoms with Crippen LogP contribution in [0.25, 0.3) is 0 Å². The quantitative estimate of drug-likeness (QED) is 0.691. The number of nitrogens with zero attached hydrogens (tertiary/aromatic N) is 1. The molecule has 140 valence electrons. The molecule has 1 N–H and O–H groups in total. The third-order valence-corrected chi connectivity index (χ3v) is 4.61. The standard InChI is InChI=1S/C19H30N2O4/c1-4-11-25-19(9-7-15(2)8-10-19)18(22)21-16-5-6-17(20-14-16)24-13-12-23-3/h5-6,14-15H,4,7-13H2,1-3H3,(H,21,22). The van der Waals surface area contributed by atoms with Gasteiger partial charge >= 0.3 is 0 Å². The molecule has 1 aliphatic rings. The maximum absolute atomic E-state index is 12.9. The average molecular weight is 350 g/mol. The first kappa shape index (κ1) is 19.7. The van der Waals surface area contributed by atoms with Crippen molar-refractivity contribution in [3.05, 3.63) is 18.3 Å². The van der Waals surface area contributed by atoms with Gasteiger partial charge in [-0.05, 0) is 44.1 Å². The van der Waals surface area contributed by atoms with Gasteiger partial charge < -0.3 is 19.5 Å². The maximum Gasteiger partial charge on any atom is 0.256 e. The molecule has 0 aliphatic heterocycles. The summed E-state index contributed by atoms with van der Waals surface area (Å²) in [4.78, 5) is 17.1. The third-order valence-electron chi connectivity index (χ3n) is 4.61. The fourth-order valence-electron chi connectivity index (χ4n) is 2.98. The van der Waals surface area contributed by atoms with Crippen LogP contribution in [0.2, 0.25) is 0 Å². The molecule has 0 saturated heterocycles. The summed E-state index contributed by atoms with van der Waals surface area (Å²) in [6, 6.07) is 3.54. The van der Waals surface area contributed by atoms with Crippen molar-refractivity contribution in [3.63, 3.8) is 0 Å². The van der Waals surface area contributed by atoms with Crippen molar-refractivity contribution in [2.45, 2.75) is 51.6 Å². The number of hydrogen-bond donors (Lipinski definition) is 1. The molecule has 0 unspecified atom stereocenters. The van der Waals surface area contributed by atoms with Crippen LogP contribution >= 0.6 is 0 Å². The summed E-state index contributed by atoms with van der Waals surface area (Å²) < 4.78 is 16.4. The van der Waals surface area contributed by atoms with Crippen molar-refractivity contribution >= 4 is 11.6 Å². The van der Waals surface area contributed by atoms with Gasteiger partial charge in [0.2, 0.25) is 5.88 Å². The molecule has 0 aromatic carbocycles. The molecule has 0 spiro atoms. The monoisotopic (exact) mass is 350 g/mol. The average Bonchev–Trinajstić information content (AvgIpc) is 2.63. The predicted molar refractivity (Wildman–Crippen MR) is 96.8 cm³/mol. The first-order valence-corrected chi connectivity index (χ1v) is 9.13. The normalized spacial score (nSPS) is 23.2. The van der Waals surface area contributed by atoms with E-state index in [4.69, 9.17) is 14.2 Å². The van der Waals surface area contributed by atoms with Gasteiger partial charge in [-0.3, -0.25) is 4.79 Å². The first-order valence-electron chi connectivity index (χ1n) is 9.13. The molecule has 1 aliphatic carbocycles. The number of ether oxygens (including phenoxy) is 3. The number of nitrogens with one attached hydrogen (secondary N) is 1. The number of anilines is 1. The number of carbonyl (C=O) groups is 1. The largest absolute Gasteiger partial charge is 0.475 e. The summed E-state index contributed by atoms with van der Waals surface area (Å²) in [6.07, 6.45) is 6.08. The van der Waals surface area contributed by atoms with Crippen molar-refractivity contribution in [1.29, 1.82) is 0 Å². The van der Waals surface area contributed by atoms with Crippen molar-refractivity contribution < 1.29 is 19.0 Å². The van der Waals surface area contributed by atoms with E-state index in [0.717, 1.165) is 32.1 Å². The van der Waals surface area contributed by atoms with Crippen LogP contribution in [0.15, 0.2) is 18.3 Å². The first-order chi connectivity index (χ1) is 12.1. The Morgan fingerprint density at radius 3 is 2.64 bits per heavy atom. The zero-order valence-electron chi connectivity index (χ0n) is 15.5. The fraction of sp³-hybridized carbons (Fsp3) is 0.684. The molecule has 1 saturated carbocycles. The second-order valence-electron chi connectivity index (χ2n) is 6.71. The van der Waals surface area contributed by atoms with Crippen LogP contribution in [0.3, 0.4) is 0 Å². The summed E-state index contributed by atoms with van der Waals surface area (Å²) in [7, 11) is 1.62. The Morgan fingerprint density at radius 2 is 2.04 bits per heavy atom. The fourth-order valence-corrected chi connectivity index (χ4v) is 2.98. The number of rotatable bonds is 9. The van der Waals surface area contributed by atoms with Crippen LogP contribution in [0, 0.1) is 5.92 Å². The highest BCUT2D eigenvalue weighted by molar-refractivity contribution is 5.97. The van der Waals surface area contributed by atoms with Gasteiger partial charge in [0.1, 0.15) is 12.2 Å². The van der Waals surface area contributed by atoms with E-state index >= 15 is 0 Å². The molecule has 6 heteroatoms. The van der Waals surface area contributed by atoms with Gasteiger partial charge in [-0.2, -0.15) is 0 Å². The second kappa shape index (κ2) is 9.73. The number of pyridine rings is 1. The lowest BCUT2D eigenvalue weighted by atomic mass is 9.78. The summed E-state index contributed by atoms with van der Waals surface area (Å²) in [5, 5.41) is 2.96. The number of hydrogen-bond acceptors (Lipinski definition) is 5. The maximum atomic E-state index is 12.9. The lowest BCUT2D eigenvalue weighted by molar-refractivity contribution is -0.147. The third kappa shape index (κ3) is 5.68. The summed E-state index contributed by atoms with van der Waals surface area (Å²) in [5.74, 6) is 1.09. The van der Waals surface area contributed by atoms with Gasteiger partial charge in [0.15, 0.2) is 0 Å². The molecule has 0 radical (unpaired) electrons. The molecule has 0 atom stereocenters. The van der Waals surface area contributed by atoms with Crippen molar-refractivity contribution in [1.82, 2.24) is 4.98 Å². The molecular weight excluding hydrogens is 320 g/mol. The van der Waals surface area contributed by atoms with Crippen molar-refractivity contribution in [2.75, 3.05) is 32.2 Å². The Morgan fingerprint density at radius 1 is 1.28 bits per heavy atom. The van der Waals surface area contributed by atoms with Crippen LogP contribution in [-0.4, -0.2) is 43.4 Å². The molecule has 6 nitrogen and oxygen atoms in total. The van der Waals surface area contributed by atoms with Crippen LogP contribution in [0.4, 0.5) is 5.69 Å². The SMILES string of the molecule is CCCOC1(C(=O)Nc2ccc(OCCOC)nc2)CCC(C)CC1. The molecule has 1 aromatic heterocycles. The Kier molecular flexibility index (Phi) is 7.65. The van der Waals surface area contributed by atoms with Gasteiger partial charge in [0.05, 0.1) is 18.5 Å². The minimum absolute atomic E-state index is 0.0669. The smallest absolute Gasteiger partial charge is 0.256 e. The Hall–Kier alpha value is -1.66. The number of methoxy groups -OCH3 is 1. The highest BCUT2D eigenvalue weighted by Gasteiger charge is 2.42. The Labute approximate surface area is 150 Å². The number of aromatic nitrogens is 1. The predicted octanol–water partition coefficient (Wildman–Crippen LogP) is 3.42. The summed E-state index contributed by atoms with van der Waals surface area (Å²) in [6.45, 7) is 5.85. The summed E-state index contributed by atoms with van der Waals surface area (Å²) in [5.41, 5.74) is -0.0573. The van der Waals surface area contributed by atoms with E-state index in [0.29, 0.717) is 37.3 Å². The number of amides is 1. The van der Waals surface area contributed by atoms with E-state index in [2.05, 4.69) is 24.1 Å². The van der Waals surface area contributed by atoms with Gasteiger partial charge in [0, 0.05) is 19.8 Å². The van der Waals surface area contributed by atoms with Crippen LogP contribution in [-0.2, 0) is 14.3 Å². The lowest BCUT2D eigenvalue weighted by Crippen LogP contribution is -2.48. The van der Waals surface area contributed by atoms with Gasteiger partial charge in [-0.1, -0.05) is 13.8 Å². The van der Waals surface area contributed by atoms with E-state index in [1.165, 1.54) is 0 Å².